The fourth-order valence-electron chi connectivity index (χ4n) is 2.90. The number of fused-ring (bicyclic) bond motifs is 1. The van der Waals surface area contributed by atoms with E-state index in [9.17, 15) is 14.9 Å². The molecule has 0 bridgehead atoms. The Bertz CT molecular complexity index is 1240. The maximum atomic E-state index is 13.2. The maximum Gasteiger partial charge on any atom is 0.269 e. The molecule has 0 unspecified atom stereocenters. The number of aromatic nitrogens is 2. The third-order valence-electron chi connectivity index (χ3n) is 4.47. The van der Waals surface area contributed by atoms with Gasteiger partial charge in [-0.05, 0) is 36.8 Å². The van der Waals surface area contributed by atoms with Crippen molar-refractivity contribution in [1.29, 1.82) is 5.26 Å². The van der Waals surface area contributed by atoms with E-state index in [0.29, 0.717) is 36.7 Å². The van der Waals surface area contributed by atoms with E-state index in [1.54, 1.807) is 55.8 Å². The van der Waals surface area contributed by atoms with E-state index in [0.717, 1.165) is 0 Å². The highest BCUT2D eigenvalue weighted by Crippen LogP contribution is 2.31. The van der Waals surface area contributed by atoms with Crippen LogP contribution in [0.1, 0.15) is 12.0 Å². The summed E-state index contributed by atoms with van der Waals surface area (Å²) in [5.41, 5.74) is -0.423. The number of methoxy groups -OCH3 is 2. The molecule has 1 N–H and O–H groups in total. The van der Waals surface area contributed by atoms with Crippen molar-refractivity contribution in [3.8, 4) is 23.4 Å². The molecule has 0 radical (unpaired) electrons. The van der Waals surface area contributed by atoms with Crippen molar-refractivity contribution >= 4 is 17.6 Å². The van der Waals surface area contributed by atoms with Crippen LogP contribution in [0.15, 0.2) is 59.0 Å². The number of nitrogens with one attached hydrogen (secondary N) is 1. The van der Waals surface area contributed by atoms with Crippen molar-refractivity contribution in [1.82, 2.24) is 14.7 Å². The molecule has 1 amide bonds. The van der Waals surface area contributed by atoms with E-state index in [4.69, 9.17) is 14.2 Å². The van der Waals surface area contributed by atoms with Gasteiger partial charge in [-0.3, -0.25) is 14.0 Å². The molecule has 9 nitrogen and oxygen atoms in total. The molecule has 1 aromatic carbocycles. The SMILES string of the molecule is COCCCNC(=O)/C(C#N)=C/c1c(Oc2ccccc2OC)nc2ccccn2c1=O. The Labute approximate surface area is 184 Å². The number of hydrogen-bond acceptors (Lipinski definition) is 7. The predicted molar refractivity (Wildman–Crippen MR) is 118 cm³/mol. The number of pyridine rings is 1. The van der Waals surface area contributed by atoms with Gasteiger partial charge in [-0.15, -0.1) is 0 Å². The second-order valence-corrected chi connectivity index (χ2v) is 6.59. The van der Waals surface area contributed by atoms with E-state index >= 15 is 0 Å². The molecule has 0 aliphatic carbocycles. The van der Waals surface area contributed by atoms with Crippen molar-refractivity contribution in [2.75, 3.05) is 27.4 Å². The third kappa shape index (κ3) is 5.11. The summed E-state index contributed by atoms with van der Waals surface area (Å²) in [6.07, 6.45) is 3.32. The summed E-state index contributed by atoms with van der Waals surface area (Å²) in [5, 5.41) is 12.2. The molecular formula is C23H22N4O5. The number of rotatable bonds is 9. The van der Waals surface area contributed by atoms with Crippen LogP contribution >= 0.6 is 0 Å². The van der Waals surface area contributed by atoms with Crippen molar-refractivity contribution in [3.63, 3.8) is 0 Å². The zero-order valence-electron chi connectivity index (χ0n) is 17.7. The van der Waals surface area contributed by atoms with Crippen molar-refractivity contribution < 1.29 is 19.0 Å². The minimum atomic E-state index is -0.607. The summed E-state index contributed by atoms with van der Waals surface area (Å²) in [6.45, 7) is 0.796. The van der Waals surface area contributed by atoms with Gasteiger partial charge in [0.2, 0.25) is 5.88 Å². The monoisotopic (exact) mass is 434 g/mol. The molecule has 0 aliphatic heterocycles. The normalized spacial score (nSPS) is 11.1. The van der Waals surface area contributed by atoms with E-state index < -0.39 is 11.5 Å². The van der Waals surface area contributed by atoms with Crippen LogP contribution in [-0.2, 0) is 9.53 Å². The van der Waals surface area contributed by atoms with Crippen molar-refractivity contribution in [2.45, 2.75) is 6.42 Å². The molecule has 2 aromatic heterocycles. The smallest absolute Gasteiger partial charge is 0.269 e. The lowest BCUT2D eigenvalue weighted by atomic mass is 10.1. The van der Waals surface area contributed by atoms with Gasteiger partial charge < -0.3 is 19.5 Å². The molecule has 2 heterocycles. The van der Waals surface area contributed by atoms with E-state index in [-0.39, 0.29) is 17.0 Å². The average Bonchev–Trinajstić information content (AvgIpc) is 2.82. The summed E-state index contributed by atoms with van der Waals surface area (Å²) in [4.78, 5) is 30.1. The summed E-state index contributed by atoms with van der Waals surface area (Å²) in [5.74, 6) is 0.114. The first kappa shape index (κ1) is 22.5. The summed E-state index contributed by atoms with van der Waals surface area (Å²) >= 11 is 0. The average molecular weight is 434 g/mol. The number of benzene rings is 1. The molecular weight excluding hydrogens is 412 g/mol. The van der Waals surface area contributed by atoms with Crippen LogP contribution in [0.4, 0.5) is 0 Å². The van der Waals surface area contributed by atoms with E-state index in [1.807, 2.05) is 6.07 Å². The van der Waals surface area contributed by atoms with Crippen LogP contribution in [0.5, 0.6) is 17.4 Å². The van der Waals surface area contributed by atoms with Gasteiger partial charge in [0.1, 0.15) is 22.9 Å². The van der Waals surface area contributed by atoms with Crippen LogP contribution in [0.2, 0.25) is 0 Å². The van der Waals surface area contributed by atoms with Crippen molar-refractivity contribution in [2.24, 2.45) is 0 Å². The van der Waals surface area contributed by atoms with Gasteiger partial charge in [0.25, 0.3) is 11.5 Å². The number of nitriles is 1. The number of amides is 1. The zero-order valence-corrected chi connectivity index (χ0v) is 17.7. The fraction of sp³-hybridized carbons (Fsp3) is 0.217. The van der Waals surface area contributed by atoms with Crippen LogP contribution in [0, 0.1) is 11.3 Å². The minimum absolute atomic E-state index is 0.0387. The Hall–Kier alpha value is -4.16. The second kappa shape index (κ2) is 10.7. The van der Waals surface area contributed by atoms with Gasteiger partial charge in [0.05, 0.1) is 7.11 Å². The van der Waals surface area contributed by atoms with Crippen LogP contribution in [0.25, 0.3) is 11.7 Å². The zero-order chi connectivity index (χ0) is 22.9. The topological polar surface area (TPSA) is 115 Å². The van der Waals surface area contributed by atoms with E-state index in [2.05, 4.69) is 10.3 Å². The lowest BCUT2D eigenvalue weighted by molar-refractivity contribution is -0.117. The van der Waals surface area contributed by atoms with Crippen LogP contribution < -0.4 is 20.3 Å². The van der Waals surface area contributed by atoms with Gasteiger partial charge in [-0.1, -0.05) is 18.2 Å². The molecule has 3 rings (SSSR count). The molecule has 164 valence electrons. The Morgan fingerprint density at radius 1 is 1.19 bits per heavy atom. The Morgan fingerprint density at radius 3 is 2.66 bits per heavy atom. The molecule has 0 fully saturated rings. The molecule has 0 aliphatic rings. The first-order chi connectivity index (χ1) is 15.6. The molecule has 0 atom stereocenters. The Kier molecular flexibility index (Phi) is 7.56. The number of para-hydroxylation sites is 2. The summed E-state index contributed by atoms with van der Waals surface area (Å²) < 4.78 is 17.5. The highest BCUT2D eigenvalue weighted by Gasteiger charge is 2.18. The fourth-order valence-corrected chi connectivity index (χ4v) is 2.90. The molecule has 0 saturated heterocycles. The number of nitrogens with zero attached hydrogens (tertiary/aromatic N) is 3. The highest BCUT2D eigenvalue weighted by atomic mass is 16.5. The first-order valence-electron chi connectivity index (χ1n) is 9.80. The van der Waals surface area contributed by atoms with Gasteiger partial charge in [0, 0.05) is 26.5 Å². The second-order valence-electron chi connectivity index (χ2n) is 6.59. The summed E-state index contributed by atoms with van der Waals surface area (Å²) in [6, 6.07) is 13.8. The van der Waals surface area contributed by atoms with Gasteiger partial charge in [-0.2, -0.15) is 10.2 Å². The molecule has 9 heteroatoms. The molecule has 3 aromatic rings. The van der Waals surface area contributed by atoms with Gasteiger partial charge in [-0.25, -0.2) is 0 Å². The summed E-state index contributed by atoms with van der Waals surface area (Å²) in [7, 11) is 3.05. The minimum Gasteiger partial charge on any atom is -0.493 e. The maximum absolute atomic E-state index is 13.2. The van der Waals surface area contributed by atoms with Crippen molar-refractivity contribution in [3.05, 3.63) is 70.2 Å². The number of carbonyl (C=O) groups is 1. The van der Waals surface area contributed by atoms with Gasteiger partial charge in [0.15, 0.2) is 11.5 Å². The lowest BCUT2D eigenvalue weighted by Gasteiger charge is -2.12. The predicted octanol–water partition coefficient (Wildman–Crippen LogP) is 2.56. The largest absolute Gasteiger partial charge is 0.493 e. The van der Waals surface area contributed by atoms with E-state index in [1.165, 1.54) is 17.6 Å². The molecule has 0 saturated carbocycles. The lowest BCUT2D eigenvalue weighted by Crippen LogP contribution is -2.27. The Balaban J connectivity index is 2.07. The number of ether oxygens (including phenoxy) is 3. The quantitative estimate of drug-likeness (QED) is 0.313. The molecule has 32 heavy (non-hydrogen) atoms. The number of hydrogen-bond donors (Lipinski definition) is 1. The van der Waals surface area contributed by atoms with Crippen LogP contribution in [-0.4, -0.2) is 42.7 Å². The highest BCUT2D eigenvalue weighted by molar-refractivity contribution is 6.01. The standard InChI is InChI=1S/C23H22N4O5/c1-30-13-7-11-25-21(28)16(15-24)14-17-22(32-19-9-4-3-8-18(19)31-2)26-20-10-5-6-12-27(20)23(17)29/h3-6,8-10,12,14H,7,11,13H2,1-2H3,(H,25,28)/b16-14+. The first-order valence-corrected chi connectivity index (χ1v) is 9.80. The third-order valence-corrected chi connectivity index (χ3v) is 4.47. The Morgan fingerprint density at radius 2 is 1.94 bits per heavy atom. The van der Waals surface area contributed by atoms with Gasteiger partial charge >= 0.3 is 0 Å². The molecule has 0 spiro atoms. The number of carbonyl (C=O) groups excluding carboxylic acids is 1. The van der Waals surface area contributed by atoms with Crippen LogP contribution in [0.3, 0.4) is 0 Å².